The first-order chi connectivity index (χ1) is 4.33. The van der Waals surface area contributed by atoms with Crippen LogP contribution in [0.2, 0.25) is 0 Å². The van der Waals surface area contributed by atoms with E-state index in [1.807, 2.05) is 0 Å². The number of hydrogen-bond acceptors (Lipinski definition) is 3. The van der Waals surface area contributed by atoms with E-state index in [0.29, 0.717) is 5.88 Å². The van der Waals surface area contributed by atoms with Gasteiger partial charge in [-0.1, -0.05) is 0 Å². The van der Waals surface area contributed by atoms with Gasteiger partial charge in [0.1, 0.15) is 5.75 Å². The molecule has 0 spiro atoms. The van der Waals surface area contributed by atoms with Gasteiger partial charge >= 0.3 is 0 Å². The SMILES string of the molecule is COc1cc(O)ccn1. The van der Waals surface area contributed by atoms with Gasteiger partial charge < -0.3 is 9.84 Å². The fraction of sp³-hybridized carbons (Fsp3) is 0.167. The van der Waals surface area contributed by atoms with Gasteiger partial charge in [0, 0.05) is 12.3 Å². The van der Waals surface area contributed by atoms with Crippen molar-refractivity contribution in [3.63, 3.8) is 0 Å². The zero-order valence-corrected chi connectivity index (χ0v) is 5.03. The van der Waals surface area contributed by atoms with E-state index in [0.717, 1.165) is 0 Å². The maximum absolute atomic E-state index is 8.82. The van der Waals surface area contributed by atoms with Crippen LogP contribution in [0.3, 0.4) is 0 Å². The number of aromatic nitrogens is 1. The predicted octanol–water partition coefficient (Wildman–Crippen LogP) is 0.796. The van der Waals surface area contributed by atoms with Crippen LogP contribution in [-0.4, -0.2) is 17.2 Å². The summed E-state index contributed by atoms with van der Waals surface area (Å²) in [6.45, 7) is 0. The average Bonchev–Trinajstić information content (AvgIpc) is 1.88. The molecule has 0 amide bonds. The van der Waals surface area contributed by atoms with Gasteiger partial charge in [0.05, 0.1) is 7.11 Å². The molecule has 1 heterocycles. The van der Waals surface area contributed by atoms with Gasteiger partial charge in [-0.2, -0.15) is 0 Å². The molecule has 9 heavy (non-hydrogen) atoms. The molecular weight excluding hydrogens is 118 g/mol. The van der Waals surface area contributed by atoms with E-state index in [-0.39, 0.29) is 5.75 Å². The second-order valence-corrected chi connectivity index (χ2v) is 1.56. The van der Waals surface area contributed by atoms with Crippen molar-refractivity contribution >= 4 is 0 Å². The van der Waals surface area contributed by atoms with E-state index in [4.69, 9.17) is 9.84 Å². The van der Waals surface area contributed by atoms with E-state index >= 15 is 0 Å². The zero-order chi connectivity index (χ0) is 6.69. The molecule has 1 aromatic rings. The summed E-state index contributed by atoms with van der Waals surface area (Å²) in [6.07, 6.45) is 1.48. The molecule has 48 valence electrons. The van der Waals surface area contributed by atoms with Gasteiger partial charge in [-0.3, -0.25) is 0 Å². The standard InChI is InChI=1S/C6H7NO2/c1-9-6-4-5(8)2-3-7-6/h2-4H,1H3,(H,7,8). The van der Waals surface area contributed by atoms with Crippen LogP contribution < -0.4 is 4.74 Å². The van der Waals surface area contributed by atoms with Gasteiger partial charge in [0.2, 0.25) is 5.88 Å². The minimum Gasteiger partial charge on any atom is -0.508 e. The smallest absolute Gasteiger partial charge is 0.216 e. The van der Waals surface area contributed by atoms with Gasteiger partial charge in [-0.15, -0.1) is 0 Å². The number of rotatable bonds is 1. The summed E-state index contributed by atoms with van der Waals surface area (Å²) < 4.78 is 4.72. The van der Waals surface area contributed by atoms with Crippen LogP contribution in [0.25, 0.3) is 0 Å². The lowest BCUT2D eigenvalue weighted by Gasteiger charge is -1.95. The minimum atomic E-state index is 0.168. The lowest BCUT2D eigenvalue weighted by atomic mass is 10.4. The Bertz CT molecular complexity index is 200. The normalized spacial score (nSPS) is 9.00. The highest BCUT2D eigenvalue weighted by atomic mass is 16.5. The number of ether oxygens (including phenoxy) is 1. The highest BCUT2D eigenvalue weighted by molar-refractivity contribution is 5.24. The first-order valence-electron chi connectivity index (χ1n) is 2.52. The largest absolute Gasteiger partial charge is 0.508 e. The number of hydrogen-bond donors (Lipinski definition) is 1. The summed E-state index contributed by atoms with van der Waals surface area (Å²) in [4.78, 5) is 3.78. The molecule has 0 fully saturated rings. The maximum Gasteiger partial charge on any atom is 0.216 e. The number of pyridine rings is 1. The lowest BCUT2D eigenvalue weighted by Crippen LogP contribution is -1.84. The van der Waals surface area contributed by atoms with Crippen LogP contribution in [-0.2, 0) is 0 Å². The van der Waals surface area contributed by atoms with E-state index in [1.54, 1.807) is 0 Å². The maximum atomic E-state index is 8.82. The summed E-state index contributed by atoms with van der Waals surface area (Å²) in [5.74, 6) is 0.594. The molecule has 1 N–H and O–H groups in total. The van der Waals surface area contributed by atoms with Crippen LogP contribution >= 0.6 is 0 Å². The highest BCUT2D eigenvalue weighted by Crippen LogP contribution is 2.12. The molecule has 0 saturated carbocycles. The van der Waals surface area contributed by atoms with Gasteiger partial charge in [-0.25, -0.2) is 4.98 Å². The molecule has 1 rings (SSSR count). The Morgan fingerprint density at radius 1 is 1.67 bits per heavy atom. The Morgan fingerprint density at radius 2 is 2.44 bits per heavy atom. The molecule has 0 unspecified atom stereocenters. The second kappa shape index (κ2) is 2.35. The summed E-state index contributed by atoms with van der Waals surface area (Å²) >= 11 is 0. The summed E-state index contributed by atoms with van der Waals surface area (Å²) in [7, 11) is 1.50. The molecule has 0 aliphatic carbocycles. The topological polar surface area (TPSA) is 42.4 Å². The molecule has 0 saturated heterocycles. The Kier molecular flexibility index (Phi) is 1.53. The molecular formula is C6H7NO2. The number of methoxy groups -OCH3 is 1. The van der Waals surface area contributed by atoms with Crippen molar-refractivity contribution in [2.45, 2.75) is 0 Å². The van der Waals surface area contributed by atoms with Crippen LogP contribution in [0, 0.1) is 0 Å². The fourth-order valence-corrected chi connectivity index (χ4v) is 0.511. The summed E-state index contributed by atoms with van der Waals surface area (Å²) in [5.41, 5.74) is 0. The third-order valence-corrected chi connectivity index (χ3v) is 0.928. The lowest BCUT2D eigenvalue weighted by molar-refractivity contribution is 0.391. The van der Waals surface area contributed by atoms with Crippen LogP contribution in [0.4, 0.5) is 0 Å². The monoisotopic (exact) mass is 125 g/mol. The fourth-order valence-electron chi connectivity index (χ4n) is 0.511. The molecule has 3 heteroatoms. The van der Waals surface area contributed by atoms with Crippen LogP contribution in [0.5, 0.6) is 11.6 Å². The third-order valence-electron chi connectivity index (χ3n) is 0.928. The van der Waals surface area contributed by atoms with Gasteiger partial charge in [-0.05, 0) is 6.07 Å². The molecule has 3 nitrogen and oxygen atoms in total. The van der Waals surface area contributed by atoms with E-state index in [1.165, 1.54) is 25.4 Å². The van der Waals surface area contributed by atoms with Crippen molar-refractivity contribution in [1.82, 2.24) is 4.98 Å². The first-order valence-corrected chi connectivity index (χ1v) is 2.52. The minimum absolute atomic E-state index is 0.168. The molecule has 0 aliphatic heterocycles. The third kappa shape index (κ3) is 1.32. The Labute approximate surface area is 52.9 Å². The molecule has 0 aromatic carbocycles. The molecule has 1 aromatic heterocycles. The summed E-state index contributed by atoms with van der Waals surface area (Å²) in [5, 5.41) is 8.82. The number of nitrogens with zero attached hydrogens (tertiary/aromatic N) is 1. The van der Waals surface area contributed by atoms with Crippen molar-refractivity contribution in [3.8, 4) is 11.6 Å². The Hall–Kier alpha value is -1.25. The van der Waals surface area contributed by atoms with Crippen molar-refractivity contribution < 1.29 is 9.84 Å². The van der Waals surface area contributed by atoms with Crippen molar-refractivity contribution in [3.05, 3.63) is 18.3 Å². The van der Waals surface area contributed by atoms with Crippen molar-refractivity contribution in [2.24, 2.45) is 0 Å². The Morgan fingerprint density at radius 3 is 2.89 bits per heavy atom. The molecule has 0 bridgehead atoms. The number of aromatic hydroxyl groups is 1. The van der Waals surface area contributed by atoms with Crippen LogP contribution in [0.15, 0.2) is 18.3 Å². The van der Waals surface area contributed by atoms with Gasteiger partial charge in [0.25, 0.3) is 0 Å². The second-order valence-electron chi connectivity index (χ2n) is 1.56. The zero-order valence-electron chi connectivity index (χ0n) is 5.03. The van der Waals surface area contributed by atoms with Gasteiger partial charge in [0.15, 0.2) is 0 Å². The van der Waals surface area contributed by atoms with E-state index in [9.17, 15) is 0 Å². The Balaban J connectivity index is 2.94. The van der Waals surface area contributed by atoms with E-state index < -0.39 is 0 Å². The van der Waals surface area contributed by atoms with E-state index in [2.05, 4.69) is 4.98 Å². The average molecular weight is 125 g/mol. The van der Waals surface area contributed by atoms with Crippen LogP contribution in [0.1, 0.15) is 0 Å². The molecule has 0 aliphatic rings. The molecule has 0 radical (unpaired) electrons. The van der Waals surface area contributed by atoms with Crippen molar-refractivity contribution in [1.29, 1.82) is 0 Å². The quantitative estimate of drug-likeness (QED) is 0.603. The summed E-state index contributed by atoms with van der Waals surface area (Å²) in [6, 6.07) is 2.93. The first kappa shape index (κ1) is 5.88. The highest BCUT2D eigenvalue weighted by Gasteiger charge is 1.90. The predicted molar refractivity (Wildman–Crippen MR) is 32.5 cm³/mol. The van der Waals surface area contributed by atoms with Crippen molar-refractivity contribution in [2.75, 3.05) is 7.11 Å². The molecule has 0 atom stereocenters.